The lowest BCUT2D eigenvalue weighted by atomic mass is 10.1. The highest BCUT2D eigenvalue weighted by Gasteiger charge is 2.24. The van der Waals surface area contributed by atoms with Gasteiger partial charge in [0.25, 0.3) is 5.91 Å². The normalized spacial score (nSPS) is 20.7. The minimum absolute atomic E-state index is 0.00824. The van der Waals surface area contributed by atoms with E-state index in [1.165, 1.54) is 0 Å². The van der Waals surface area contributed by atoms with Crippen molar-refractivity contribution in [2.24, 2.45) is 0 Å². The summed E-state index contributed by atoms with van der Waals surface area (Å²) >= 11 is 2.22. The Bertz CT molecular complexity index is 441. The standard InChI is InChI=1S/C14H18INO2/c1-9-5-3-6-11(13(9)15)14(17)16-10(2)12-7-4-8-18-12/h3,5-6,10,12H,4,7-8H2,1-2H3,(H,16,17). The summed E-state index contributed by atoms with van der Waals surface area (Å²) < 4.78 is 6.61. The number of amides is 1. The van der Waals surface area contributed by atoms with Gasteiger partial charge >= 0.3 is 0 Å². The lowest BCUT2D eigenvalue weighted by Gasteiger charge is -2.20. The van der Waals surface area contributed by atoms with Gasteiger partial charge < -0.3 is 10.1 Å². The highest BCUT2D eigenvalue weighted by atomic mass is 127. The molecule has 0 radical (unpaired) electrons. The van der Waals surface area contributed by atoms with Crippen LogP contribution in [0.3, 0.4) is 0 Å². The number of nitrogens with one attached hydrogen (secondary N) is 1. The molecule has 1 heterocycles. The van der Waals surface area contributed by atoms with Gasteiger partial charge in [0, 0.05) is 10.2 Å². The molecule has 1 aromatic rings. The largest absolute Gasteiger partial charge is 0.376 e. The number of hydrogen-bond donors (Lipinski definition) is 1. The predicted molar refractivity (Wildman–Crippen MR) is 79.8 cm³/mol. The maximum Gasteiger partial charge on any atom is 0.252 e. The maximum atomic E-state index is 12.2. The minimum atomic E-state index is -0.00824. The summed E-state index contributed by atoms with van der Waals surface area (Å²) in [6, 6.07) is 5.87. The topological polar surface area (TPSA) is 38.3 Å². The van der Waals surface area contributed by atoms with Crippen LogP contribution in [0.4, 0.5) is 0 Å². The summed E-state index contributed by atoms with van der Waals surface area (Å²) in [5.74, 6) is -0.00824. The third-order valence-electron chi connectivity index (χ3n) is 3.32. The van der Waals surface area contributed by atoms with Crippen molar-refractivity contribution in [3.8, 4) is 0 Å². The van der Waals surface area contributed by atoms with Gasteiger partial charge in [0.2, 0.25) is 0 Å². The molecule has 0 aliphatic carbocycles. The quantitative estimate of drug-likeness (QED) is 0.843. The van der Waals surface area contributed by atoms with Gasteiger partial charge in [-0.05, 0) is 60.9 Å². The fourth-order valence-electron chi connectivity index (χ4n) is 2.20. The van der Waals surface area contributed by atoms with E-state index in [0.29, 0.717) is 0 Å². The van der Waals surface area contributed by atoms with Gasteiger partial charge in [-0.15, -0.1) is 0 Å². The first-order valence-electron chi connectivity index (χ1n) is 6.27. The zero-order valence-electron chi connectivity index (χ0n) is 10.7. The maximum absolute atomic E-state index is 12.2. The van der Waals surface area contributed by atoms with E-state index in [1.54, 1.807) is 0 Å². The van der Waals surface area contributed by atoms with E-state index in [0.717, 1.165) is 34.1 Å². The van der Waals surface area contributed by atoms with Crippen LogP contribution >= 0.6 is 22.6 Å². The molecule has 3 nitrogen and oxygen atoms in total. The Morgan fingerprint density at radius 2 is 2.33 bits per heavy atom. The van der Waals surface area contributed by atoms with Gasteiger partial charge in [-0.2, -0.15) is 0 Å². The first-order chi connectivity index (χ1) is 8.59. The number of aryl methyl sites for hydroxylation is 1. The molecular formula is C14H18INO2. The molecule has 1 aromatic carbocycles. The third-order valence-corrected chi connectivity index (χ3v) is 4.75. The van der Waals surface area contributed by atoms with Gasteiger partial charge in [-0.3, -0.25) is 4.79 Å². The SMILES string of the molecule is Cc1cccc(C(=O)NC(C)C2CCCO2)c1I. The molecule has 2 unspecified atom stereocenters. The van der Waals surface area contributed by atoms with Crippen molar-refractivity contribution in [3.63, 3.8) is 0 Å². The fraction of sp³-hybridized carbons (Fsp3) is 0.500. The Kier molecular flexibility index (Phi) is 4.61. The van der Waals surface area contributed by atoms with Crippen LogP contribution in [0.15, 0.2) is 18.2 Å². The summed E-state index contributed by atoms with van der Waals surface area (Å²) in [4.78, 5) is 12.2. The van der Waals surface area contributed by atoms with Crippen LogP contribution in [-0.4, -0.2) is 24.7 Å². The second-order valence-electron chi connectivity index (χ2n) is 4.75. The van der Waals surface area contributed by atoms with Crippen molar-refractivity contribution in [1.82, 2.24) is 5.32 Å². The molecule has 1 N–H and O–H groups in total. The van der Waals surface area contributed by atoms with E-state index in [4.69, 9.17) is 4.74 Å². The molecule has 1 saturated heterocycles. The number of carbonyl (C=O) groups excluding carboxylic acids is 1. The van der Waals surface area contributed by atoms with Crippen molar-refractivity contribution in [1.29, 1.82) is 0 Å². The Morgan fingerprint density at radius 3 is 3.00 bits per heavy atom. The summed E-state index contributed by atoms with van der Waals surface area (Å²) in [7, 11) is 0. The molecule has 1 aliphatic rings. The second kappa shape index (κ2) is 6.02. The van der Waals surface area contributed by atoms with E-state index in [9.17, 15) is 4.79 Å². The highest BCUT2D eigenvalue weighted by Crippen LogP contribution is 2.18. The summed E-state index contributed by atoms with van der Waals surface area (Å²) in [5, 5.41) is 3.04. The van der Waals surface area contributed by atoms with Crippen LogP contribution in [0.5, 0.6) is 0 Å². The second-order valence-corrected chi connectivity index (χ2v) is 5.83. The number of rotatable bonds is 3. The van der Waals surface area contributed by atoms with Crippen molar-refractivity contribution < 1.29 is 9.53 Å². The van der Waals surface area contributed by atoms with E-state index >= 15 is 0 Å². The van der Waals surface area contributed by atoms with Crippen molar-refractivity contribution in [2.75, 3.05) is 6.61 Å². The molecule has 0 spiro atoms. The lowest BCUT2D eigenvalue weighted by Crippen LogP contribution is -2.41. The monoisotopic (exact) mass is 359 g/mol. The Morgan fingerprint density at radius 1 is 1.56 bits per heavy atom. The summed E-state index contributed by atoms with van der Waals surface area (Å²) in [5.41, 5.74) is 1.88. The lowest BCUT2D eigenvalue weighted by molar-refractivity contribution is 0.0712. The van der Waals surface area contributed by atoms with E-state index < -0.39 is 0 Å². The molecule has 0 aromatic heterocycles. The van der Waals surface area contributed by atoms with Crippen LogP contribution in [0.1, 0.15) is 35.7 Å². The minimum Gasteiger partial charge on any atom is -0.376 e. The molecule has 1 aliphatic heterocycles. The van der Waals surface area contributed by atoms with Crippen molar-refractivity contribution in [2.45, 2.75) is 38.8 Å². The predicted octanol–water partition coefficient (Wildman–Crippen LogP) is 2.90. The van der Waals surface area contributed by atoms with E-state index in [2.05, 4.69) is 27.9 Å². The number of carbonyl (C=O) groups is 1. The van der Waals surface area contributed by atoms with Crippen molar-refractivity contribution in [3.05, 3.63) is 32.9 Å². The van der Waals surface area contributed by atoms with Gasteiger partial charge in [0.05, 0.1) is 17.7 Å². The fourth-order valence-corrected chi connectivity index (χ4v) is 2.80. The summed E-state index contributed by atoms with van der Waals surface area (Å²) in [6.45, 7) is 4.84. The number of ether oxygens (including phenoxy) is 1. The number of benzene rings is 1. The molecule has 18 heavy (non-hydrogen) atoms. The molecule has 1 amide bonds. The Labute approximate surface area is 121 Å². The first kappa shape index (κ1) is 13.8. The molecule has 4 heteroatoms. The average molecular weight is 359 g/mol. The molecular weight excluding hydrogens is 341 g/mol. The zero-order chi connectivity index (χ0) is 13.1. The smallest absolute Gasteiger partial charge is 0.252 e. The highest BCUT2D eigenvalue weighted by molar-refractivity contribution is 14.1. The van der Waals surface area contributed by atoms with Gasteiger partial charge in [0.1, 0.15) is 0 Å². The molecule has 0 saturated carbocycles. The van der Waals surface area contributed by atoms with Gasteiger partial charge in [-0.1, -0.05) is 12.1 Å². The van der Waals surface area contributed by atoms with Crippen LogP contribution in [0.2, 0.25) is 0 Å². The van der Waals surface area contributed by atoms with E-state index in [-0.39, 0.29) is 18.1 Å². The molecule has 98 valence electrons. The summed E-state index contributed by atoms with van der Waals surface area (Å²) in [6.07, 6.45) is 2.29. The van der Waals surface area contributed by atoms with Crippen LogP contribution in [0, 0.1) is 10.5 Å². The van der Waals surface area contributed by atoms with Crippen LogP contribution in [-0.2, 0) is 4.74 Å². The van der Waals surface area contributed by atoms with Crippen molar-refractivity contribution >= 4 is 28.5 Å². The van der Waals surface area contributed by atoms with Gasteiger partial charge in [0.15, 0.2) is 0 Å². The number of hydrogen-bond acceptors (Lipinski definition) is 2. The molecule has 1 fully saturated rings. The molecule has 2 rings (SSSR count). The van der Waals surface area contributed by atoms with Crippen LogP contribution < -0.4 is 5.32 Å². The third kappa shape index (κ3) is 3.03. The van der Waals surface area contributed by atoms with E-state index in [1.807, 2.05) is 32.0 Å². The molecule has 0 bridgehead atoms. The number of halogens is 1. The average Bonchev–Trinajstić information content (AvgIpc) is 2.86. The first-order valence-corrected chi connectivity index (χ1v) is 7.35. The van der Waals surface area contributed by atoms with Crippen LogP contribution in [0.25, 0.3) is 0 Å². The molecule has 2 atom stereocenters. The zero-order valence-corrected chi connectivity index (χ0v) is 12.9. The van der Waals surface area contributed by atoms with Gasteiger partial charge in [-0.25, -0.2) is 0 Å². The Balaban J connectivity index is 2.05. The Hall–Kier alpha value is -0.620.